The van der Waals surface area contributed by atoms with Gasteiger partial charge in [-0.3, -0.25) is 4.79 Å². The topological polar surface area (TPSA) is 104 Å². The number of aryl methyl sites for hydroxylation is 1. The van der Waals surface area contributed by atoms with Gasteiger partial charge in [-0.1, -0.05) is 12.5 Å². The van der Waals surface area contributed by atoms with E-state index in [-0.39, 0.29) is 16.4 Å². The zero-order valence-electron chi connectivity index (χ0n) is 14.8. The summed E-state index contributed by atoms with van der Waals surface area (Å²) >= 11 is 0. The van der Waals surface area contributed by atoms with E-state index in [1.54, 1.807) is 13.0 Å². The first kappa shape index (κ1) is 18.8. The lowest BCUT2D eigenvalue weighted by molar-refractivity contribution is -0.139. The van der Waals surface area contributed by atoms with Gasteiger partial charge in [-0.2, -0.15) is 4.31 Å². The molecule has 1 atom stereocenters. The van der Waals surface area contributed by atoms with Crippen molar-refractivity contribution in [2.75, 3.05) is 13.1 Å². The van der Waals surface area contributed by atoms with Gasteiger partial charge in [0.05, 0.1) is 4.90 Å². The first-order valence-corrected chi connectivity index (χ1v) is 10.4. The van der Waals surface area contributed by atoms with Gasteiger partial charge in [0.25, 0.3) is 5.91 Å². The van der Waals surface area contributed by atoms with Crippen LogP contribution >= 0.6 is 0 Å². The largest absolute Gasteiger partial charge is 0.480 e. The van der Waals surface area contributed by atoms with Crippen LogP contribution in [0.1, 0.15) is 48.0 Å². The molecule has 2 aliphatic rings. The van der Waals surface area contributed by atoms with Crippen LogP contribution in [0.25, 0.3) is 0 Å². The number of rotatable bonds is 6. The minimum absolute atomic E-state index is 0.0431. The van der Waals surface area contributed by atoms with E-state index in [9.17, 15) is 23.1 Å². The minimum atomic E-state index is -3.66. The molecule has 1 saturated heterocycles. The van der Waals surface area contributed by atoms with Crippen molar-refractivity contribution in [2.45, 2.75) is 50.0 Å². The third-order valence-electron chi connectivity index (χ3n) is 5.03. The molecule has 142 valence electrons. The van der Waals surface area contributed by atoms with E-state index in [0.717, 1.165) is 32.1 Å². The Balaban J connectivity index is 1.85. The highest BCUT2D eigenvalue weighted by Gasteiger charge is 2.37. The molecule has 3 rings (SSSR count). The summed E-state index contributed by atoms with van der Waals surface area (Å²) in [6.07, 6.45) is 4.24. The molecular weight excluding hydrogens is 356 g/mol. The molecular formula is C18H24N2O5S. The number of sulfonamides is 1. The Hall–Kier alpha value is -1.93. The van der Waals surface area contributed by atoms with E-state index in [1.807, 2.05) is 0 Å². The van der Waals surface area contributed by atoms with Crippen LogP contribution in [0.2, 0.25) is 0 Å². The Morgan fingerprint density at radius 1 is 1.19 bits per heavy atom. The summed E-state index contributed by atoms with van der Waals surface area (Å²) < 4.78 is 27.3. The number of piperidine rings is 1. The molecule has 0 aromatic heterocycles. The molecule has 1 aromatic carbocycles. The Kier molecular flexibility index (Phi) is 5.34. The second-order valence-corrected chi connectivity index (χ2v) is 8.98. The highest BCUT2D eigenvalue weighted by Crippen LogP contribution is 2.33. The van der Waals surface area contributed by atoms with Gasteiger partial charge in [-0.15, -0.1) is 0 Å². The molecule has 1 saturated carbocycles. The number of hydrogen-bond donors (Lipinski definition) is 2. The third kappa shape index (κ3) is 3.91. The van der Waals surface area contributed by atoms with Gasteiger partial charge in [0.15, 0.2) is 0 Å². The van der Waals surface area contributed by atoms with Crippen LogP contribution in [-0.2, 0) is 14.8 Å². The minimum Gasteiger partial charge on any atom is -0.480 e. The lowest BCUT2D eigenvalue weighted by Gasteiger charge is -2.26. The summed E-state index contributed by atoms with van der Waals surface area (Å²) in [6, 6.07) is 3.57. The Labute approximate surface area is 153 Å². The standard InChI is InChI=1S/C18H24N2O5S/c1-12-5-6-14(17(21)19-16(18(22)23)13-7-8-13)11-15(12)26(24,25)20-9-3-2-4-10-20/h5-6,11,13,16H,2-4,7-10H2,1H3,(H,19,21)(H,22,23). The summed E-state index contributed by atoms with van der Waals surface area (Å²) in [5.74, 6) is -1.66. The Morgan fingerprint density at radius 3 is 2.42 bits per heavy atom. The van der Waals surface area contributed by atoms with Gasteiger partial charge in [0, 0.05) is 18.7 Å². The fraction of sp³-hybridized carbons (Fsp3) is 0.556. The van der Waals surface area contributed by atoms with Gasteiger partial charge < -0.3 is 10.4 Å². The highest BCUT2D eigenvalue weighted by atomic mass is 32.2. The molecule has 0 bridgehead atoms. The maximum Gasteiger partial charge on any atom is 0.326 e. The fourth-order valence-corrected chi connectivity index (χ4v) is 5.07. The number of nitrogens with one attached hydrogen (secondary N) is 1. The van der Waals surface area contributed by atoms with E-state index in [4.69, 9.17) is 0 Å². The number of carboxylic acid groups (broad SMARTS) is 1. The predicted molar refractivity (Wildman–Crippen MR) is 95.4 cm³/mol. The molecule has 0 spiro atoms. The molecule has 0 radical (unpaired) electrons. The fourth-order valence-electron chi connectivity index (χ4n) is 3.30. The number of carbonyl (C=O) groups excluding carboxylic acids is 1. The Morgan fingerprint density at radius 2 is 1.85 bits per heavy atom. The van der Waals surface area contributed by atoms with Gasteiger partial charge in [-0.25, -0.2) is 13.2 Å². The number of benzene rings is 1. The van der Waals surface area contributed by atoms with Crippen molar-refractivity contribution in [3.05, 3.63) is 29.3 Å². The normalized spacial score (nSPS) is 19.7. The van der Waals surface area contributed by atoms with Crippen LogP contribution in [0.3, 0.4) is 0 Å². The van der Waals surface area contributed by atoms with Crippen LogP contribution in [-0.4, -0.2) is 48.8 Å². The third-order valence-corrected chi connectivity index (χ3v) is 7.07. The van der Waals surface area contributed by atoms with E-state index in [2.05, 4.69) is 5.32 Å². The first-order chi connectivity index (χ1) is 12.3. The van der Waals surface area contributed by atoms with Crippen molar-refractivity contribution < 1.29 is 23.1 Å². The van der Waals surface area contributed by atoms with E-state index in [0.29, 0.717) is 18.7 Å². The number of aliphatic carboxylic acids is 1. The van der Waals surface area contributed by atoms with Gasteiger partial charge >= 0.3 is 5.97 Å². The van der Waals surface area contributed by atoms with Crippen LogP contribution in [0, 0.1) is 12.8 Å². The summed E-state index contributed by atoms with van der Waals surface area (Å²) in [4.78, 5) is 23.9. The van der Waals surface area contributed by atoms with Gasteiger partial charge in [0.2, 0.25) is 10.0 Å². The van der Waals surface area contributed by atoms with Gasteiger partial charge in [0.1, 0.15) is 6.04 Å². The number of nitrogens with zero attached hydrogens (tertiary/aromatic N) is 1. The van der Waals surface area contributed by atoms with Gasteiger partial charge in [-0.05, 0) is 56.2 Å². The predicted octanol–water partition coefficient (Wildman–Crippen LogP) is 1.76. The number of carboxylic acids is 1. The highest BCUT2D eigenvalue weighted by molar-refractivity contribution is 7.89. The van der Waals surface area contributed by atoms with Crippen molar-refractivity contribution >= 4 is 21.9 Å². The van der Waals surface area contributed by atoms with Crippen LogP contribution < -0.4 is 5.32 Å². The molecule has 2 fully saturated rings. The van der Waals surface area contributed by atoms with Crippen molar-refractivity contribution in [1.29, 1.82) is 0 Å². The van der Waals surface area contributed by atoms with Crippen LogP contribution in [0.4, 0.5) is 0 Å². The average molecular weight is 380 g/mol. The molecule has 1 amide bonds. The van der Waals surface area contributed by atoms with E-state index < -0.39 is 27.9 Å². The molecule has 1 aliphatic heterocycles. The SMILES string of the molecule is Cc1ccc(C(=O)NC(C(=O)O)C2CC2)cc1S(=O)(=O)N1CCCCC1. The zero-order chi connectivity index (χ0) is 18.9. The molecule has 7 nitrogen and oxygen atoms in total. The lowest BCUT2D eigenvalue weighted by atomic mass is 10.1. The number of carbonyl (C=O) groups is 2. The molecule has 1 aromatic rings. The number of hydrogen-bond acceptors (Lipinski definition) is 4. The first-order valence-electron chi connectivity index (χ1n) is 8.95. The molecule has 8 heteroatoms. The zero-order valence-corrected chi connectivity index (χ0v) is 15.6. The second-order valence-electron chi connectivity index (χ2n) is 7.07. The lowest BCUT2D eigenvalue weighted by Crippen LogP contribution is -2.42. The van der Waals surface area contributed by atoms with Crippen molar-refractivity contribution in [2.24, 2.45) is 5.92 Å². The Bertz CT molecular complexity index is 811. The summed E-state index contributed by atoms with van der Waals surface area (Å²) in [6.45, 7) is 2.67. The maximum atomic E-state index is 12.9. The van der Waals surface area contributed by atoms with Crippen molar-refractivity contribution in [3.63, 3.8) is 0 Å². The van der Waals surface area contributed by atoms with Crippen LogP contribution in [0.5, 0.6) is 0 Å². The molecule has 2 N–H and O–H groups in total. The van der Waals surface area contributed by atoms with Crippen molar-refractivity contribution in [3.8, 4) is 0 Å². The second kappa shape index (κ2) is 7.36. The summed E-state index contributed by atoms with van der Waals surface area (Å²) in [5, 5.41) is 11.8. The average Bonchev–Trinajstić information content (AvgIpc) is 3.45. The molecule has 1 aliphatic carbocycles. The monoisotopic (exact) mass is 380 g/mol. The van der Waals surface area contributed by atoms with E-state index in [1.165, 1.54) is 16.4 Å². The molecule has 26 heavy (non-hydrogen) atoms. The smallest absolute Gasteiger partial charge is 0.326 e. The maximum absolute atomic E-state index is 12.9. The summed E-state index contributed by atoms with van der Waals surface area (Å²) in [7, 11) is -3.66. The van der Waals surface area contributed by atoms with E-state index >= 15 is 0 Å². The molecule has 1 heterocycles. The molecule has 1 unspecified atom stereocenters. The number of amides is 1. The quantitative estimate of drug-likeness (QED) is 0.783. The summed E-state index contributed by atoms with van der Waals surface area (Å²) in [5.41, 5.74) is 0.738. The van der Waals surface area contributed by atoms with Crippen LogP contribution in [0.15, 0.2) is 23.1 Å². The van der Waals surface area contributed by atoms with Crippen molar-refractivity contribution in [1.82, 2.24) is 9.62 Å².